The number of para-hydroxylation sites is 1. The molecule has 1 saturated heterocycles. The number of nitrogens with one attached hydrogen (secondary N) is 2. The number of aromatic nitrogens is 1. The van der Waals surface area contributed by atoms with Gasteiger partial charge in [-0.15, -0.1) is 0 Å². The molecule has 0 aliphatic carbocycles. The van der Waals surface area contributed by atoms with E-state index in [4.69, 9.17) is 14.5 Å². The molecule has 1 fully saturated rings. The van der Waals surface area contributed by atoms with Gasteiger partial charge in [-0.3, -0.25) is 0 Å². The minimum absolute atomic E-state index is 0.130. The topological polar surface area (TPSA) is 71.0 Å². The standard InChI is InChI=1S/C24H33N5O2/c1-4-25-23(28-20-16-24(2,3)31-21-10-6-5-9-19(20)21)27-17-18-8-7-11-26-22(18)29-12-14-30-15-13-29/h5-11,20H,4,12-17H2,1-3H3,(H2,25,27,28). The number of morpholine rings is 1. The Morgan fingerprint density at radius 2 is 2.00 bits per heavy atom. The number of fused-ring (bicyclic) bond motifs is 1. The molecule has 1 aromatic heterocycles. The van der Waals surface area contributed by atoms with Crippen molar-refractivity contribution < 1.29 is 9.47 Å². The van der Waals surface area contributed by atoms with Crippen LogP contribution in [0, 0.1) is 0 Å². The predicted molar refractivity (Wildman–Crippen MR) is 124 cm³/mol. The number of guanidine groups is 1. The van der Waals surface area contributed by atoms with Crippen LogP contribution >= 0.6 is 0 Å². The Bertz CT molecular complexity index is 908. The van der Waals surface area contributed by atoms with Gasteiger partial charge in [0.1, 0.15) is 17.2 Å². The SMILES string of the molecule is CCNC(=NCc1cccnc1N1CCOCC1)NC1CC(C)(C)Oc2ccccc21. The van der Waals surface area contributed by atoms with E-state index in [1.807, 2.05) is 24.4 Å². The number of ether oxygens (including phenoxy) is 2. The van der Waals surface area contributed by atoms with Crippen LogP contribution in [-0.4, -0.2) is 49.4 Å². The second-order valence-electron chi connectivity index (χ2n) is 8.58. The van der Waals surface area contributed by atoms with Gasteiger partial charge >= 0.3 is 0 Å². The summed E-state index contributed by atoms with van der Waals surface area (Å²) in [6.45, 7) is 10.9. The number of aliphatic imine (C=N–C) groups is 1. The van der Waals surface area contributed by atoms with Gasteiger partial charge in [-0.25, -0.2) is 9.98 Å². The minimum Gasteiger partial charge on any atom is -0.487 e. The lowest BCUT2D eigenvalue weighted by molar-refractivity contribution is 0.0694. The van der Waals surface area contributed by atoms with E-state index >= 15 is 0 Å². The van der Waals surface area contributed by atoms with E-state index in [0.717, 1.165) is 62.4 Å². The summed E-state index contributed by atoms with van der Waals surface area (Å²) in [5.41, 5.74) is 2.05. The number of anilines is 1. The molecule has 31 heavy (non-hydrogen) atoms. The smallest absolute Gasteiger partial charge is 0.192 e. The Morgan fingerprint density at radius 3 is 2.81 bits per heavy atom. The van der Waals surface area contributed by atoms with Gasteiger partial charge in [0.2, 0.25) is 0 Å². The van der Waals surface area contributed by atoms with Crippen LogP contribution in [0.3, 0.4) is 0 Å². The first-order valence-electron chi connectivity index (χ1n) is 11.1. The molecule has 166 valence electrons. The van der Waals surface area contributed by atoms with Crippen molar-refractivity contribution in [2.24, 2.45) is 4.99 Å². The summed E-state index contributed by atoms with van der Waals surface area (Å²) in [7, 11) is 0. The van der Waals surface area contributed by atoms with Crippen molar-refractivity contribution in [2.75, 3.05) is 37.7 Å². The Morgan fingerprint density at radius 1 is 1.19 bits per heavy atom. The lowest BCUT2D eigenvalue weighted by Crippen LogP contribution is -2.45. The Hall–Kier alpha value is -2.80. The molecule has 0 bridgehead atoms. The summed E-state index contributed by atoms with van der Waals surface area (Å²) in [4.78, 5) is 11.8. The van der Waals surface area contributed by atoms with Gasteiger partial charge < -0.3 is 25.0 Å². The van der Waals surface area contributed by atoms with Gasteiger partial charge in [-0.05, 0) is 32.9 Å². The van der Waals surface area contributed by atoms with Crippen LogP contribution in [0.1, 0.15) is 44.4 Å². The second-order valence-corrected chi connectivity index (χ2v) is 8.58. The van der Waals surface area contributed by atoms with Crippen LogP contribution in [0.2, 0.25) is 0 Å². The van der Waals surface area contributed by atoms with Gasteiger partial charge in [-0.2, -0.15) is 0 Å². The van der Waals surface area contributed by atoms with Gasteiger partial charge in [0.25, 0.3) is 0 Å². The van der Waals surface area contributed by atoms with Gasteiger partial charge in [0, 0.05) is 43.4 Å². The number of benzene rings is 1. The van der Waals surface area contributed by atoms with Crippen molar-refractivity contribution in [1.82, 2.24) is 15.6 Å². The average molecular weight is 424 g/mol. The quantitative estimate of drug-likeness (QED) is 0.568. The van der Waals surface area contributed by atoms with Gasteiger partial charge in [-0.1, -0.05) is 24.3 Å². The fourth-order valence-electron chi connectivity index (χ4n) is 4.19. The summed E-state index contributed by atoms with van der Waals surface area (Å²) in [6.07, 6.45) is 2.71. The van der Waals surface area contributed by atoms with E-state index in [1.54, 1.807) is 0 Å². The van der Waals surface area contributed by atoms with E-state index < -0.39 is 0 Å². The Balaban J connectivity index is 1.54. The zero-order valence-electron chi connectivity index (χ0n) is 18.7. The van der Waals surface area contributed by atoms with Crippen molar-refractivity contribution in [1.29, 1.82) is 0 Å². The molecule has 0 radical (unpaired) electrons. The number of pyridine rings is 1. The third-order valence-corrected chi connectivity index (χ3v) is 5.62. The van der Waals surface area contributed by atoms with Gasteiger partial charge in [0.05, 0.1) is 25.8 Å². The molecule has 1 atom stereocenters. The molecule has 4 rings (SSSR count). The number of rotatable bonds is 5. The zero-order chi connectivity index (χ0) is 21.7. The molecule has 1 unspecified atom stereocenters. The van der Waals surface area contributed by atoms with Crippen molar-refractivity contribution in [3.05, 3.63) is 53.7 Å². The predicted octanol–water partition coefficient (Wildman–Crippen LogP) is 3.28. The normalized spacial score (nSPS) is 20.5. The highest BCUT2D eigenvalue weighted by Gasteiger charge is 2.34. The summed E-state index contributed by atoms with van der Waals surface area (Å²) < 4.78 is 11.7. The maximum Gasteiger partial charge on any atom is 0.192 e. The molecule has 2 aliphatic rings. The van der Waals surface area contributed by atoms with E-state index in [2.05, 4.69) is 59.5 Å². The summed E-state index contributed by atoms with van der Waals surface area (Å²) in [5, 5.41) is 7.04. The molecule has 0 amide bonds. The van der Waals surface area contributed by atoms with E-state index in [1.165, 1.54) is 5.56 Å². The molecule has 1 aromatic carbocycles. The first-order chi connectivity index (χ1) is 15.1. The Kier molecular flexibility index (Phi) is 6.61. The Labute approximate surface area is 184 Å². The summed E-state index contributed by atoms with van der Waals surface area (Å²) in [6, 6.07) is 12.5. The van der Waals surface area contributed by atoms with Crippen LogP contribution in [-0.2, 0) is 11.3 Å². The summed E-state index contributed by atoms with van der Waals surface area (Å²) >= 11 is 0. The van der Waals surface area contributed by atoms with Crippen molar-refractivity contribution in [3.8, 4) is 5.75 Å². The lowest BCUT2D eigenvalue weighted by Gasteiger charge is -2.38. The minimum atomic E-state index is -0.240. The second kappa shape index (κ2) is 9.56. The molecule has 2 N–H and O–H groups in total. The zero-order valence-corrected chi connectivity index (χ0v) is 18.7. The summed E-state index contributed by atoms with van der Waals surface area (Å²) in [5.74, 6) is 2.74. The van der Waals surface area contributed by atoms with E-state index in [-0.39, 0.29) is 11.6 Å². The third-order valence-electron chi connectivity index (χ3n) is 5.62. The molecule has 0 saturated carbocycles. The number of hydrogen-bond donors (Lipinski definition) is 2. The van der Waals surface area contributed by atoms with E-state index in [9.17, 15) is 0 Å². The highest BCUT2D eigenvalue weighted by atomic mass is 16.5. The van der Waals surface area contributed by atoms with Crippen LogP contribution in [0.15, 0.2) is 47.6 Å². The first-order valence-corrected chi connectivity index (χ1v) is 11.1. The van der Waals surface area contributed by atoms with Crippen molar-refractivity contribution in [2.45, 2.75) is 45.4 Å². The van der Waals surface area contributed by atoms with Crippen LogP contribution in [0.5, 0.6) is 5.75 Å². The molecule has 7 nitrogen and oxygen atoms in total. The largest absolute Gasteiger partial charge is 0.487 e. The van der Waals surface area contributed by atoms with Crippen LogP contribution in [0.4, 0.5) is 5.82 Å². The maximum atomic E-state index is 6.18. The fraction of sp³-hybridized carbons (Fsp3) is 0.500. The average Bonchev–Trinajstić information content (AvgIpc) is 2.77. The third kappa shape index (κ3) is 5.28. The highest BCUT2D eigenvalue weighted by molar-refractivity contribution is 5.80. The first kappa shape index (κ1) is 21.4. The fourth-order valence-corrected chi connectivity index (χ4v) is 4.19. The monoisotopic (exact) mass is 423 g/mol. The molecule has 3 heterocycles. The van der Waals surface area contributed by atoms with Crippen molar-refractivity contribution >= 4 is 11.8 Å². The van der Waals surface area contributed by atoms with E-state index in [0.29, 0.717) is 6.54 Å². The molecular formula is C24H33N5O2. The molecule has 2 aliphatic heterocycles. The van der Waals surface area contributed by atoms with Gasteiger partial charge in [0.15, 0.2) is 5.96 Å². The van der Waals surface area contributed by atoms with Crippen LogP contribution in [0.25, 0.3) is 0 Å². The van der Waals surface area contributed by atoms with Crippen LogP contribution < -0.4 is 20.3 Å². The maximum absolute atomic E-state index is 6.18. The number of nitrogens with zero attached hydrogens (tertiary/aromatic N) is 3. The number of hydrogen-bond acceptors (Lipinski definition) is 5. The van der Waals surface area contributed by atoms with Crippen molar-refractivity contribution in [3.63, 3.8) is 0 Å². The highest BCUT2D eigenvalue weighted by Crippen LogP contribution is 2.39. The molecule has 0 spiro atoms. The molecule has 7 heteroatoms. The molecular weight excluding hydrogens is 390 g/mol. The lowest BCUT2D eigenvalue weighted by atomic mass is 9.90. The molecule has 2 aromatic rings.